The molecule has 8 heteroatoms. The number of rotatable bonds is 7. The number of aryl methyl sites for hydroxylation is 1. The molecule has 4 aromatic rings. The summed E-state index contributed by atoms with van der Waals surface area (Å²) in [7, 11) is -2.24. The molecule has 0 fully saturated rings. The van der Waals surface area contributed by atoms with Crippen LogP contribution in [0.15, 0.2) is 83.8 Å². The van der Waals surface area contributed by atoms with Crippen LogP contribution < -0.4 is 9.62 Å². The molecule has 0 saturated heterocycles. The minimum absolute atomic E-state index is 0.110. The molecule has 1 heterocycles. The van der Waals surface area contributed by atoms with E-state index in [9.17, 15) is 13.2 Å². The summed E-state index contributed by atoms with van der Waals surface area (Å²) >= 11 is 0. The standard InChI is InChI=1S/C24H24N4O3S/c1-3-17-28-22-12-8-7-11-21(22)25-24(28)26-23(29)18-13-15-20(16-14-18)32(30,31)27(2)19-9-5-4-6-10-19/h4-16H,3,17H2,1-2H3,(H,25,26,29). The normalized spacial score (nSPS) is 11.4. The van der Waals surface area contributed by atoms with Crippen LogP contribution in [0.3, 0.4) is 0 Å². The zero-order chi connectivity index (χ0) is 22.7. The number of anilines is 2. The Kier molecular flexibility index (Phi) is 5.96. The van der Waals surface area contributed by atoms with Gasteiger partial charge in [-0.1, -0.05) is 37.3 Å². The number of hydrogen-bond donors (Lipinski definition) is 1. The molecule has 0 bridgehead atoms. The van der Waals surface area contributed by atoms with Gasteiger partial charge in [-0.2, -0.15) is 0 Å². The molecular weight excluding hydrogens is 424 g/mol. The number of benzene rings is 3. The molecule has 0 aliphatic heterocycles. The number of nitrogens with zero attached hydrogens (tertiary/aromatic N) is 3. The molecule has 3 aromatic carbocycles. The van der Waals surface area contributed by atoms with Gasteiger partial charge in [0.25, 0.3) is 15.9 Å². The van der Waals surface area contributed by atoms with Gasteiger partial charge < -0.3 is 4.57 Å². The first-order valence-electron chi connectivity index (χ1n) is 10.3. The second-order valence-electron chi connectivity index (χ2n) is 7.36. The van der Waals surface area contributed by atoms with Gasteiger partial charge in [0.15, 0.2) is 0 Å². The third-order valence-corrected chi connectivity index (χ3v) is 7.02. The molecule has 0 saturated carbocycles. The van der Waals surface area contributed by atoms with Crippen molar-refractivity contribution in [1.29, 1.82) is 0 Å². The Hall–Kier alpha value is -3.65. The summed E-state index contributed by atoms with van der Waals surface area (Å²) in [6.45, 7) is 2.78. The predicted octanol–water partition coefficient (Wildman–Crippen LogP) is 4.52. The second kappa shape index (κ2) is 8.84. The molecule has 0 aliphatic rings. The van der Waals surface area contributed by atoms with Gasteiger partial charge >= 0.3 is 0 Å². The first-order chi connectivity index (χ1) is 15.4. The van der Waals surface area contributed by atoms with Gasteiger partial charge in [-0.05, 0) is 55.0 Å². The van der Waals surface area contributed by atoms with Crippen molar-refractivity contribution in [2.24, 2.45) is 0 Å². The lowest BCUT2D eigenvalue weighted by Crippen LogP contribution is -2.26. The largest absolute Gasteiger partial charge is 0.310 e. The first-order valence-corrected chi connectivity index (χ1v) is 11.8. The predicted molar refractivity (Wildman–Crippen MR) is 126 cm³/mol. The van der Waals surface area contributed by atoms with E-state index >= 15 is 0 Å². The van der Waals surface area contributed by atoms with Crippen molar-refractivity contribution in [3.8, 4) is 0 Å². The summed E-state index contributed by atoms with van der Waals surface area (Å²) in [5.74, 6) is 0.122. The maximum atomic E-state index is 12.9. The van der Waals surface area contributed by atoms with Crippen molar-refractivity contribution in [3.63, 3.8) is 0 Å². The lowest BCUT2D eigenvalue weighted by molar-refractivity contribution is 0.102. The van der Waals surface area contributed by atoms with Crippen molar-refractivity contribution >= 4 is 38.6 Å². The molecule has 1 N–H and O–H groups in total. The van der Waals surface area contributed by atoms with Gasteiger partial charge in [0.05, 0.1) is 21.6 Å². The molecule has 1 amide bonds. The van der Waals surface area contributed by atoms with Crippen LogP contribution >= 0.6 is 0 Å². The van der Waals surface area contributed by atoms with Gasteiger partial charge in [-0.25, -0.2) is 13.4 Å². The topological polar surface area (TPSA) is 84.3 Å². The summed E-state index contributed by atoms with van der Waals surface area (Å²) in [6.07, 6.45) is 0.894. The number of para-hydroxylation sites is 3. The molecule has 4 rings (SSSR count). The van der Waals surface area contributed by atoms with Crippen molar-refractivity contribution in [1.82, 2.24) is 9.55 Å². The maximum absolute atomic E-state index is 12.9. The van der Waals surface area contributed by atoms with Crippen LogP contribution in [0.1, 0.15) is 23.7 Å². The van der Waals surface area contributed by atoms with Crippen molar-refractivity contribution in [2.75, 3.05) is 16.7 Å². The Labute approximate surface area is 187 Å². The molecule has 0 aliphatic carbocycles. The summed E-state index contributed by atoms with van der Waals surface area (Å²) < 4.78 is 29.1. The van der Waals surface area contributed by atoms with E-state index in [1.165, 1.54) is 35.6 Å². The van der Waals surface area contributed by atoms with E-state index in [1.807, 2.05) is 34.9 Å². The van der Waals surface area contributed by atoms with Crippen LogP contribution in [-0.4, -0.2) is 30.9 Å². The average Bonchev–Trinajstić information content (AvgIpc) is 3.16. The minimum atomic E-state index is -3.74. The van der Waals surface area contributed by atoms with E-state index in [0.717, 1.165) is 24.0 Å². The zero-order valence-electron chi connectivity index (χ0n) is 17.9. The van der Waals surface area contributed by atoms with Crippen LogP contribution in [0.2, 0.25) is 0 Å². The highest BCUT2D eigenvalue weighted by atomic mass is 32.2. The van der Waals surface area contributed by atoms with Crippen LogP contribution in [0, 0.1) is 0 Å². The Bertz CT molecular complexity index is 1350. The van der Waals surface area contributed by atoms with E-state index in [0.29, 0.717) is 17.2 Å². The Morgan fingerprint density at radius 2 is 1.62 bits per heavy atom. The molecule has 0 unspecified atom stereocenters. The number of carbonyl (C=O) groups excluding carboxylic acids is 1. The third kappa shape index (κ3) is 4.09. The van der Waals surface area contributed by atoms with Crippen LogP contribution in [0.4, 0.5) is 11.6 Å². The minimum Gasteiger partial charge on any atom is -0.310 e. The van der Waals surface area contributed by atoms with Gasteiger partial charge in [0, 0.05) is 19.2 Å². The van der Waals surface area contributed by atoms with Gasteiger partial charge in [-0.3, -0.25) is 14.4 Å². The number of sulfonamides is 1. The number of imidazole rings is 1. The zero-order valence-corrected chi connectivity index (χ0v) is 18.7. The number of aromatic nitrogens is 2. The molecule has 32 heavy (non-hydrogen) atoms. The quantitative estimate of drug-likeness (QED) is 0.450. The number of amides is 1. The lowest BCUT2D eigenvalue weighted by atomic mass is 10.2. The molecular formula is C24H24N4O3S. The Morgan fingerprint density at radius 1 is 0.969 bits per heavy atom. The molecule has 7 nitrogen and oxygen atoms in total. The van der Waals surface area contributed by atoms with E-state index in [4.69, 9.17) is 0 Å². The van der Waals surface area contributed by atoms with Crippen molar-refractivity contribution in [3.05, 3.63) is 84.4 Å². The molecule has 0 atom stereocenters. The van der Waals surface area contributed by atoms with Crippen LogP contribution in [0.5, 0.6) is 0 Å². The number of carbonyl (C=O) groups is 1. The summed E-state index contributed by atoms with van der Waals surface area (Å²) in [5.41, 5.74) is 2.67. The van der Waals surface area contributed by atoms with Crippen molar-refractivity contribution < 1.29 is 13.2 Å². The SMILES string of the molecule is CCCn1c(NC(=O)c2ccc(S(=O)(=O)N(C)c3ccccc3)cc2)nc2ccccc21. The summed E-state index contributed by atoms with van der Waals surface area (Å²) in [4.78, 5) is 17.5. The van der Waals surface area contributed by atoms with E-state index in [2.05, 4.69) is 17.2 Å². The van der Waals surface area contributed by atoms with Crippen LogP contribution in [-0.2, 0) is 16.6 Å². The van der Waals surface area contributed by atoms with Gasteiger partial charge in [-0.15, -0.1) is 0 Å². The molecule has 0 radical (unpaired) electrons. The highest BCUT2D eigenvalue weighted by molar-refractivity contribution is 7.92. The molecule has 1 aromatic heterocycles. The van der Waals surface area contributed by atoms with E-state index in [1.54, 1.807) is 24.3 Å². The number of hydrogen-bond acceptors (Lipinski definition) is 4. The Morgan fingerprint density at radius 3 is 2.31 bits per heavy atom. The monoisotopic (exact) mass is 448 g/mol. The fourth-order valence-corrected chi connectivity index (χ4v) is 4.70. The van der Waals surface area contributed by atoms with Gasteiger partial charge in [0.1, 0.15) is 0 Å². The van der Waals surface area contributed by atoms with Crippen LogP contribution in [0.25, 0.3) is 11.0 Å². The fourth-order valence-electron chi connectivity index (χ4n) is 3.51. The first kappa shape index (κ1) is 21.6. The molecule has 164 valence electrons. The number of fused-ring (bicyclic) bond motifs is 1. The number of nitrogens with one attached hydrogen (secondary N) is 1. The van der Waals surface area contributed by atoms with Gasteiger partial charge in [0.2, 0.25) is 5.95 Å². The smallest absolute Gasteiger partial charge is 0.264 e. The Balaban J connectivity index is 1.57. The highest BCUT2D eigenvalue weighted by Gasteiger charge is 2.22. The summed E-state index contributed by atoms with van der Waals surface area (Å²) in [6, 6.07) is 22.4. The van der Waals surface area contributed by atoms with E-state index in [-0.39, 0.29) is 10.8 Å². The second-order valence-corrected chi connectivity index (χ2v) is 9.33. The lowest BCUT2D eigenvalue weighted by Gasteiger charge is -2.19. The summed E-state index contributed by atoms with van der Waals surface area (Å²) in [5, 5.41) is 2.86. The van der Waals surface area contributed by atoms with Crippen molar-refractivity contribution in [2.45, 2.75) is 24.8 Å². The highest BCUT2D eigenvalue weighted by Crippen LogP contribution is 2.23. The fraction of sp³-hybridized carbons (Fsp3) is 0.167. The average molecular weight is 449 g/mol. The molecule has 0 spiro atoms. The third-order valence-electron chi connectivity index (χ3n) is 5.22. The maximum Gasteiger partial charge on any atom is 0.264 e. The van der Waals surface area contributed by atoms with E-state index < -0.39 is 10.0 Å².